The Kier molecular flexibility index (Phi) is 9.56. The van der Waals surface area contributed by atoms with Gasteiger partial charge in [-0.3, -0.25) is 14.7 Å². The van der Waals surface area contributed by atoms with E-state index >= 15 is 0 Å². The minimum Gasteiger partial charge on any atom is -0.336 e. The van der Waals surface area contributed by atoms with Crippen LogP contribution in [0.4, 0.5) is 16.0 Å². The molecule has 2 saturated heterocycles. The number of benzene rings is 3. The van der Waals surface area contributed by atoms with E-state index in [4.69, 9.17) is 21.6 Å². The van der Waals surface area contributed by atoms with Gasteiger partial charge in [-0.25, -0.2) is 14.4 Å². The summed E-state index contributed by atoms with van der Waals surface area (Å²) in [7, 11) is 0. The third-order valence-electron chi connectivity index (χ3n) is 9.37. The highest BCUT2D eigenvalue weighted by molar-refractivity contribution is 6.31. The van der Waals surface area contributed by atoms with Crippen molar-refractivity contribution >= 4 is 34.9 Å². The predicted octanol–water partition coefficient (Wildman–Crippen LogP) is 6.66. The minimum absolute atomic E-state index is 0.0610. The smallest absolute Gasteiger partial charge is 0.253 e. The first kappa shape index (κ1) is 31.4. The fourth-order valence-electron chi connectivity index (χ4n) is 6.69. The van der Waals surface area contributed by atoms with Gasteiger partial charge in [0.15, 0.2) is 0 Å². The van der Waals surface area contributed by atoms with E-state index < -0.39 is 0 Å². The third kappa shape index (κ3) is 7.22. The van der Waals surface area contributed by atoms with Crippen molar-refractivity contribution in [3.63, 3.8) is 0 Å². The van der Waals surface area contributed by atoms with E-state index in [1.165, 1.54) is 44.8 Å². The highest BCUT2D eigenvalue weighted by Crippen LogP contribution is 2.34. The highest BCUT2D eigenvalue weighted by atomic mass is 35.5. The molecule has 0 radical (unpaired) electrons. The monoisotopic (exact) mass is 651 g/mol. The van der Waals surface area contributed by atoms with Gasteiger partial charge in [0.2, 0.25) is 5.95 Å². The molecule has 242 valence electrons. The fraction of sp³-hybridized carbons (Fsp3) is 0.351. The highest BCUT2D eigenvalue weighted by Gasteiger charge is 2.24. The average molecular weight is 652 g/mol. The molecule has 1 amide bonds. The summed E-state index contributed by atoms with van der Waals surface area (Å²) in [5.41, 5.74) is 5.44. The Balaban J connectivity index is 1.00. The van der Waals surface area contributed by atoms with Crippen molar-refractivity contribution < 1.29 is 9.18 Å². The number of hydrogen-bond donors (Lipinski definition) is 1. The quantitative estimate of drug-likeness (QED) is 0.241. The minimum atomic E-state index is -0.348. The Morgan fingerprint density at radius 3 is 2.28 bits per heavy atom. The zero-order chi connectivity index (χ0) is 32.2. The van der Waals surface area contributed by atoms with Crippen molar-refractivity contribution in [1.82, 2.24) is 24.7 Å². The molecular formula is C37H39ClFN7O. The maximum absolute atomic E-state index is 14.9. The lowest BCUT2D eigenvalue weighted by Crippen LogP contribution is -2.50. The van der Waals surface area contributed by atoms with Crippen LogP contribution >= 0.6 is 11.6 Å². The van der Waals surface area contributed by atoms with Crippen molar-refractivity contribution in [2.24, 2.45) is 4.99 Å². The van der Waals surface area contributed by atoms with Gasteiger partial charge in [-0.15, -0.1) is 0 Å². The van der Waals surface area contributed by atoms with Gasteiger partial charge in [0.05, 0.1) is 18.0 Å². The Hall–Kier alpha value is -4.18. The molecule has 0 spiro atoms. The van der Waals surface area contributed by atoms with E-state index in [2.05, 4.69) is 20.1 Å². The van der Waals surface area contributed by atoms with Crippen LogP contribution < -0.4 is 5.32 Å². The number of anilines is 2. The maximum Gasteiger partial charge on any atom is 0.253 e. The molecule has 3 aromatic carbocycles. The van der Waals surface area contributed by atoms with Crippen LogP contribution in [0.3, 0.4) is 0 Å². The number of nitrogens with zero attached hydrogens (tertiary/aromatic N) is 6. The number of aliphatic imine (C=N–C) groups is 1. The van der Waals surface area contributed by atoms with Crippen LogP contribution in [0.5, 0.6) is 0 Å². The maximum atomic E-state index is 14.9. The summed E-state index contributed by atoms with van der Waals surface area (Å²) in [6.07, 6.45) is 7.10. The number of carbonyl (C=O) groups excluding carboxylic acids is 1. The van der Waals surface area contributed by atoms with Gasteiger partial charge >= 0.3 is 0 Å². The summed E-state index contributed by atoms with van der Waals surface area (Å²) in [5, 5.41) is 3.81. The number of aromatic nitrogens is 2. The summed E-state index contributed by atoms with van der Waals surface area (Å²) in [4.78, 5) is 34.5. The number of rotatable bonds is 7. The zero-order valence-corrected chi connectivity index (χ0v) is 27.2. The molecule has 4 heterocycles. The van der Waals surface area contributed by atoms with Crippen molar-refractivity contribution in [3.8, 4) is 11.3 Å². The summed E-state index contributed by atoms with van der Waals surface area (Å²) >= 11 is 6.40. The van der Waals surface area contributed by atoms with Gasteiger partial charge in [0.1, 0.15) is 5.82 Å². The molecule has 10 heteroatoms. The number of piperazine rings is 1. The molecule has 0 unspecified atom stereocenters. The molecule has 3 aliphatic heterocycles. The molecule has 3 aliphatic rings. The molecule has 8 nitrogen and oxygen atoms in total. The second-order valence-corrected chi connectivity index (χ2v) is 12.9. The summed E-state index contributed by atoms with van der Waals surface area (Å²) in [6, 6.07) is 19.6. The largest absolute Gasteiger partial charge is 0.336 e. The van der Waals surface area contributed by atoms with Crippen LogP contribution in [0.25, 0.3) is 11.3 Å². The molecule has 0 bridgehead atoms. The lowest BCUT2D eigenvalue weighted by atomic mass is 9.95. The third-order valence-corrected chi connectivity index (χ3v) is 9.61. The van der Waals surface area contributed by atoms with Crippen LogP contribution in [-0.2, 0) is 6.54 Å². The lowest BCUT2D eigenvalue weighted by molar-refractivity contribution is 0.0623. The topological polar surface area (TPSA) is 77.0 Å². The van der Waals surface area contributed by atoms with Gasteiger partial charge in [-0.1, -0.05) is 42.6 Å². The number of likely N-dealkylation sites (tertiary alicyclic amines) is 1. The van der Waals surface area contributed by atoms with Crippen molar-refractivity contribution in [2.45, 2.75) is 32.2 Å². The Morgan fingerprint density at radius 2 is 1.53 bits per heavy atom. The fourth-order valence-corrected chi connectivity index (χ4v) is 6.86. The van der Waals surface area contributed by atoms with Crippen molar-refractivity contribution in [1.29, 1.82) is 0 Å². The predicted molar refractivity (Wildman–Crippen MR) is 185 cm³/mol. The second kappa shape index (κ2) is 14.3. The molecular weight excluding hydrogens is 613 g/mol. The molecule has 0 atom stereocenters. The van der Waals surface area contributed by atoms with Crippen LogP contribution in [0.15, 0.2) is 77.9 Å². The van der Waals surface area contributed by atoms with E-state index in [0.717, 1.165) is 56.1 Å². The first-order chi connectivity index (χ1) is 23.0. The summed E-state index contributed by atoms with van der Waals surface area (Å²) in [5.74, 6) is 0.125. The normalized spacial score (nSPS) is 17.2. The van der Waals surface area contributed by atoms with Gasteiger partial charge < -0.3 is 15.1 Å². The van der Waals surface area contributed by atoms with Crippen LogP contribution in [0, 0.1) is 5.82 Å². The van der Waals surface area contributed by atoms with E-state index in [-0.39, 0.29) is 11.7 Å². The number of carbonyl (C=O) groups is 1. The Morgan fingerprint density at radius 1 is 0.809 bits per heavy atom. The number of halogens is 2. The zero-order valence-electron chi connectivity index (χ0n) is 26.5. The van der Waals surface area contributed by atoms with Gasteiger partial charge in [-0.2, -0.15) is 0 Å². The summed E-state index contributed by atoms with van der Waals surface area (Å²) < 4.78 is 14.9. The number of nitrogens with one attached hydrogen (secondary N) is 1. The van der Waals surface area contributed by atoms with Crippen molar-refractivity contribution in [3.05, 3.63) is 106 Å². The number of fused-ring (bicyclic) bond motifs is 3. The van der Waals surface area contributed by atoms with Crippen molar-refractivity contribution in [2.75, 3.05) is 57.7 Å². The van der Waals surface area contributed by atoms with Gasteiger partial charge in [0.25, 0.3) is 5.91 Å². The standard InChI is InChI=1S/C37H39ClFN7O/c38-28-11-14-30-32(23-28)35(31-7-3-4-8-33(31)39)40-24-27-25-41-37(43-34(27)30)42-29-12-9-26(10-13-29)36(47)46-21-19-45(20-22-46)18-17-44-15-5-1-2-6-16-44/h3-4,7-14,23,25H,1-2,5-6,15-22,24H2,(H,41,42,43). The lowest BCUT2D eigenvalue weighted by Gasteiger charge is -2.35. The van der Waals surface area contributed by atoms with Gasteiger partial charge in [0, 0.05) is 84.0 Å². The number of hydrogen-bond acceptors (Lipinski definition) is 7. The molecule has 2 fully saturated rings. The molecule has 1 aromatic heterocycles. The van der Waals surface area contributed by atoms with Gasteiger partial charge in [-0.05, 0) is 74.5 Å². The SMILES string of the molecule is O=C(c1ccc(Nc2ncc3c(n2)-c2ccc(Cl)cc2C(c2ccccc2F)=NC3)cc1)N1CCN(CCN2CCCCCC2)CC1. The Bertz CT molecular complexity index is 1760. The molecule has 1 N–H and O–H groups in total. The molecule has 0 aliphatic carbocycles. The Labute approximate surface area is 280 Å². The summed E-state index contributed by atoms with van der Waals surface area (Å²) in [6.45, 7) is 8.26. The van der Waals surface area contributed by atoms with E-state index in [9.17, 15) is 9.18 Å². The molecule has 47 heavy (non-hydrogen) atoms. The van der Waals surface area contributed by atoms with Crippen LogP contribution in [-0.4, -0.2) is 88.6 Å². The molecule has 4 aromatic rings. The average Bonchev–Trinajstić information content (AvgIpc) is 3.45. The first-order valence-corrected chi connectivity index (χ1v) is 17.0. The first-order valence-electron chi connectivity index (χ1n) is 16.6. The molecule has 0 saturated carbocycles. The van der Waals surface area contributed by atoms with E-state index in [0.29, 0.717) is 45.6 Å². The molecule has 7 rings (SSSR count). The second-order valence-electron chi connectivity index (χ2n) is 12.5. The number of amides is 1. The van der Waals surface area contributed by atoms with E-state index in [1.54, 1.807) is 36.5 Å². The van der Waals surface area contributed by atoms with E-state index in [1.807, 2.05) is 35.2 Å². The van der Waals surface area contributed by atoms with Crippen LogP contribution in [0.1, 0.15) is 52.7 Å². The van der Waals surface area contributed by atoms with Crippen LogP contribution in [0.2, 0.25) is 5.02 Å².